The Kier molecular flexibility index (Phi) is 5.77. The van der Waals surface area contributed by atoms with Crippen LogP contribution in [0.4, 0.5) is 11.4 Å². The van der Waals surface area contributed by atoms with Gasteiger partial charge in [0.1, 0.15) is 0 Å². The maximum atomic E-state index is 12.4. The summed E-state index contributed by atoms with van der Waals surface area (Å²) in [6.45, 7) is 2.26. The molecule has 7 heteroatoms. The SMILES string of the molecule is CC(=O)N(CC1CC1)c1ccc(-c2ccc(C(=O)Nc3ccncc3)cn2)cc1Cl. The minimum atomic E-state index is -0.245. The Bertz CT molecular complexity index is 1070. The third kappa shape index (κ3) is 4.66. The standard InChI is InChI=1S/C23H21ClN4O2/c1-15(29)28(14-16-2-3-16)22-7-5-17(12-20(22)24)21-6-4-18(13-26-21)23(30)27-19-8-10-25-11-9-19/h4-13,16H,2-3,14H2,1H3,(H,25,27,30). The second-order valence-electron chi connectivity index (χ2n) is 7.36. The van der Waals surface area contributed by atoms with Crippen LogP contribution in [0.25, 0.3) is 11.3 Å². The highest BCUT2D eigenvalue weighted by Crippen LogP contribution is 2.35. The van der Waals surface area contributed by atoms with E-state index in [0.717, 1.165) is 18.4 Å². The predicted molar refractivity (Wildman–Crippen MR) is 118 cm³/mol. The van der Waals surface area contributed by atoms with Crippen LogP contribution >= 0.6 is 11.6 Å². The smallest absolute Gasteiger partial charge is 0.257 e. The minimum absolute atomic E-state index is 0.0146. The first kappa shape index (κ1) is 20.0. The molecule has 152 valence electrons. The van der Waals surface area contributed by atoms with Crippen LogP contribution < -0.4 is 10.2 Å². The fraction of sp³-hybridized carbons (Fsp3) is 0.217. The molecule has 1 aliphatic rings. The quantitative estimate of drug-likeness (QED) is 0.620. The zero-order valence-electron chi connectivity index (χ0n) is 16.5. The second kappa shape index (κ2) is 8.63. The summed E-state index contributed by atoms with van der Waals surface area (Å²) in [5.41, 5.74) is 3.35. The van der Waals surface area contributed by atoms with Gasteiger partial charge in [-0.15, -0.1) is 0 Å². The molecule has 30 heavy (non-hydrogen) atoms. The summed E-state index contributed by atoms with van der Waals surface area (Å²) < 4.78 is 0. The zero-order chi connectivity index (χ0) is 21.1. The topological polar surface area (TPSA) is 75.2 Å². The molecular weight excluding hydrogens is 400 g/mol. The highest BCUT2D eigenvalue weighted by Gasteiger charge is 2.27. The van der Waals surface area contributed by atoms with Crippen LogP contribution in [0.3, 0.4) is 0 Å². The zero-order valence-corrected chi connectivity index (χ0v) is 17.3. The second-order valence-corrected chi connectivity index (χ2v) is 7.77. The number of rotatable bonds is 6. The molecule has 0 atom stereocenters. The van der Waals surface area contributed by atoms with E-state index in [9.17, 15) is 9.59 Å². The van der Waals surface area contributed by atoms with Gasteiger partial charge in [-0.05, 0) is 55.2 Å². The molecule has 3 aromatic rings. The van der Waals surface area contributed by atoms with Crippen molar-refractivity contribution < 1.29 is 9.59 Å². The fourth-order valence-corrected chi connectivity index (χ4v) is 3.46. The Labute approximate surface area is 179 Å². The average molecular weight is 421 g/mol. The Hall–Kier alpha value is -3.25. The Morgan fingerprint density at radius 2 is 1.90 bits per heavy atom. The number of carbonyl (C=O) groups excluding carboxylic acids is 2. The van der Waals surface area contributed by atoms with Gasteiger partial charge in [0, 0.05) is 43.3 Å². The van der Waals surface area contributed by atoms with Crippen LogP contribution in [0.2, 0.25) is 5.02 Å². The Balaban J connectivity index is 1.50. The number of halogens is 1. The van der Waals surface area contributed by atoms with E-state index < -0.39 is 0 Å². The molecular formula is C23H21ClN4O2. The van der Waals surface area contributed by atoms with Crippen molar-refractivity contribution in [3.63, 3.8) is 0 Å². The van der Waals surface area contributed by atoms with Crippen molar-refractivity contribution in [1.29, 1.82) is 0 Å². The van der Waals surface area contributed by atoms with Crippen molar-refractivity contribution in [1.82, 2.24) is 9.97 Å². The third-order valence-electron chi connectivity index (χ3n) is 5.02. The number of hydrogen-bond donors (Lipinski definition) is 1. The van der Waals surface area contributed by atoms with Gasteiger partial charge in [-0.3, -0.25) is 19.6 Å². The largest absolute Gasteiger partial charge is 0.322 e. The molecule has 1 N–H and O–H groups in total. The molecule has 1 aromatic carbocycles. The number of nitrogens with one attached hydrogen (secondary N) is 1. The van der Waals surface area contributed by atoms with E-state index in [0.29, 0.717) is 40.1 Å². The molecule has 0 radical (unpaired) electrons. The van der Waals surface area contributed by atoms with Gasteiger partial charge in [0.2, 0.25) is 5.91 Å². The number of carbonyl (C=O) groups is 2. The first-order valence-corrected chi connectivity index (χ1v) is 10.1. The normalized spacial score (nSPS) is 13.0. The highest BCUT2D eigenvalue weighted by molar-refractivity contribution is 6.34. The van der Waals surface area contributed by atoms with Gasteiger partial charge in [0.05, 0.1) is 22.0 Å². The maximum absolute atomic E-state index is 12.4. The summed E-state index contributed by atoms with van der Waals surface area (Å²) in [4.78, 5) is 34.5. The average Bonchev–Trinajstić information content (AvgIpc) is 3.57. The lowest BCUT2D eigenvalue weighted by atomic mass is 10.1. The molecule has 2 amide bonds. The van der Waals surface area contributed by atoms with Gasteiger partial charge in [-0.25, -0.2) is 0 Å². The maximum Gasteiger partial charge on any atom is 0.257 e. The lowest BCUT2D eigenvalue weighted by Crippen LogP contribution is -2.30. The molecule has 0 saturated heterocycles. The lowest BCUT2D eigenvalue weighted by molar-refractivity contribution is -0.116. The molecule has 1 saturated carbocycles. The van der Waals surface area contributed by atoms with E-state index in [1.807, 2.05) is 12.1 Å². The van der Waals surface area contributed by atoms with Gasteiger partial charge in [-0.2, -0.15) is 0 Å². The van der Waals surface area contributed by atoms with E-state index >= 15 is 0 Å². The van der Waals surface area contributed by atoms with Crippen LogP contribution in [0.5, 0.6) is 0 Å². The van der Waals surface area contributed by atoms with E-state index in [2.05, 4.69) is 15.3 Å². The van der Waals surface area contributed by atoms with E-state index in [1.165, 1.54) is 6.20 Å². The van der Waals surface area contributed by atoms with Gasteiger partial charge in [-0.1, -0.05) is 17.7 Å². The molecule has 0 unspecified atom stereocenters. The van der Waals surface area contributed by atoms with Crippen LogP contribution in [-0.4, -0.2) is 28.3 Å². The molecule has 6 nitrogen and oxygen atoms in total. The van der Waals surface area contributed by atoms with Crippen LogP contribution in [0.15, 0.2) is 61.1 Å². The van der Waals surface area contributed by atoms with Crippen molar-refractivity contribution in [2.75, 3.05) is 16.8 Å². The Morgan fingerprint density at radius 3 is 2.50 bits per heavy atom. The lowest BCUT2D eigenvalue weighted by Gasteiger charge is -2.22. The van der Waals surface area contributed by atoms with Crippen molar-refractivity contribution in [3.8, 4) is 11.3 Å². The summed E-state index contributed by atoms with van der Waals surface area (Å²) in [7, 11) is 0. The molecule has 1 fully saturated rings. The predicted octanol–water partition coefficient (Wildman–Crippen LogP) is 4.81. The first-order valence-electron chi connectivity index (χ1n) is 9.77. The van der Waals surface area contributed by atoms with E-state index in [-0.39, 0.29) is 11.8 Å². The van der Waals surface area contributed by atoms with Crippen molar-refractivity contribution in [3.05, 3.63) is 71.6 Å². The van der Waals surface area contributed by atoms with Gasteiger partial charge >= 0.3 is 0 Å². The molecule has 0 spiro atoms. The number of benzene rings is 1. The van der Waals surface area contributed by atoms with Gasteiger partial charge in [0.25, 0.3) is 5.91 Å². The minimum Gasteiger partial charge on any atom is -0.322 e. The number of aromatic nitrogens is 2. The number of nitrogens with zero attached hydrogens (tertiary/aromatic N) is 3. The molecule has 4 rings (SSSR count). The molecule has 2 aromatic heterocycles. The molecule has 0 aliphatic heterocycles. The number of pyridine rings is 2. The van der Waals surface area contributed by atoms with Crippen LogP contribution in [0, 0.1) is 5.92 Å². The highest BCUT2D eigenvalue weighted by atomic mass is 35.5. The molecule has 1 aliphatic carbocycles. The summed E-state index contributed by atoms with van der Waals surface area (Å²) in [6.07, 6.45) is 7.07. The van der Waals surface area contributed by atoms with Crippen molar-refractivity contribution in [2.24, 2.45) is 5.92 Å². The number of amides is 2. The van der Waals surface area contributed by atoms with Crippen molar-refractivity contribution >= 4 is 34.8 Å². The van der Waals surface area contributed by atoms with Crippen molar-refractivity contribution in [2.45, 2.75) is 19.8 Å². The number of anilines is 2. The van der Waals surface area contributed by atoms with Crippen LogP contribution in [-0.2, 0) is 4.79 Å². The van der Waals surface area contributed by atoms with Gasteiger partial charge < -0.3 is 10.2 Å². The van der Waals surface area contributed by atoms with Crippen LogP contribution in [0.1, 0.15) is 30.1 Å². The summed E-state index contributed by atoms with van der Waals surface area (Å²) in [6, 6.07) is 12.5. The first-order chi connectivity index (χ1) is 14.5. The summed E-state index contributed by atoms with van der Waals surface area (Å²) in [5.74, 6) is 0.308. The molecule has 2 heterocycles. The van der Waals surface area contributed by atoms with Gasteiger partial charge in [0.15, 0.2) is 0 Å². The van der Waals surface area contributed by atoms with E-state index in [1.54, 1.807) is 54.5 Å². The van der Waals surface area contributed by atoms with E-state index in [4.69, 9.17) is 11.6 Å². The Morgan fingerprint density at radius 1 is 1.13 bits per heavy atom. The summed E-state index contributed by atoms with van der Waals surface area (Å²) in [5, 5.41) is 3.30. The third-order valence-corrected chi connectivity index (χ3v) is 5.32. The molecule has 0 bridgehead atoms. The monoisotopic (exact) mass is 420 g/mol. The fourth-order valence-electron chi connectivity index (χ4n) is 3.18. The number of hydrogen-bond acceptors (Lipinski definition) is 4. The summed E-state index contributed by atoms with van der Waals surface area (Å²) >= 11 is 6.50.